The van der Waals surface area contributed by atoms with Crippen LogP contribution >= 0.6 is 0 Å². The minimum atomic E-state index is -2.17. The zero-order valence-corrected chi connectivity index (χ0v) is 18.0. The second-order valence-corrected chi connectivity index (χ2v) is 19.0. The molecule has 0 aliphatic heterocycles. The number of nitriles is 1. The van der Waals surface area contributed by atoms with Gasteiger partial charge in [-0.2, -0.15) is 0 Å². The van der Waals surface area contributed by atoms with E-state index < -0.39 is 19.2 Å². The van der Waals surface area contributed by atoms with Gasteiger partial charge >= 0.3 is 151 Å². The van der Waals surface area contributed by atoms with E-state index in [0.717, 1.165) is 16.8 Å². The number of pyridine rings is 1. The summed E-state index contributed by atoms with van der Waals surface area (Å²) >= 11 is -2.17. The van der Waals surface area contributed by atoms with Crippen LogP contribution in [0.25, 0.3) is 11.3 Å². The van der Waals surface area contributed by atoms with Gasteiger partial charge in [0.05, 0.1) is 0 Å². The Morgan fingerprint density at radius 1 is 1.17 bits per heavy atom. The zero-order chi connectivity index (χ0) is 19.0. The molecule has 1 atom stereocenters. The van der Waals surface area contributed by atoms with Crippen LogP contribution in [0.2, 0.25) is 17.3 Å². The summed E-state index contributed by atoms with van der Waals surface area (Å²) in [4.78, 5) is 4.71. The molecule has 0 fully saturated rings. The molecule has 0 spiro atoms. The van der Waals surface area contributed by atoms with Crippen LogP contribution in [0.15, 0.2) is 36.5 Å². The molecule has 1 aromatic heterocycles. The van der Waals surface area contributed by atoms with Gasteiger partial charge in [-0.05, 0) is 0 Å². The zero-order valence-electron chi connectivity index (χ0n) is 16.9. The standard InChI is InChI=1S/C21H28GeN2/c1-15(21(2,3)4)18-12-20(24-14-19(18)22(5,6)7)17-10-8-16(13-23)9-11-17/h8-12,14-15H,1-7H3/i15D. The molecule has 3 heteroatoms. The molecule has 0 bridgehead atoms. The van der Waals surface area contributed by atoms with Gasteiger partial charge in [0.25, 0.3) is 0 Å². The maximum absolute atomic E-state index is 9.12. The van der Waals surface area contributed by atoms with Crippen LogP contribution in [0.1, 0.15) is 46.1 Å². The van der Waals surface area contributed by atoms with Gasteiger partial charge in [-0.3, -0.25) is 0 Å². The number of benzene rings is 1. The van der Waals surface area contributed by atoms with Crippen molar-refractivity contribution < 1.29 is 1.37 Å². The predicted molar refractivity (Wildman–Crippen MR) is 105 cm³/mol. The summed E-state index contributed by atoms with van der Waals surface area (Å²) in [6.45, 7) is 8.39. The monoisotopic (exact) mass is 383 g/mol. The Kier molecular flexibility index (Phi) is 4.83. The van der Waals surface area contributed by atoms with E-state index in [-0.39, 0.29) is 5.41 Å². The van der Waals surface area contributed by atoms with Crippen molar-refractivity contribution in [2.75, 3.05) is 0 Å². The second kappa shape index (κ2) is 6.72. The van der Waals surface area contributed by atoms with E-state index in [1.54, 1.807) is 0 Å². The van der Waals surface area contributed by atoms with Crippen LogP contribution in [0.4, 0.5) is 0 Å². The van der Waals surface area contributed by atoms with Gasteiger partial charge in [-0.1, -0.05) is 0 Å². The van der Waals surface area contributed by atoms with Gasteiger partial charge in [0, 0.05) is 0 Å². The molecule has 2 aromatic rings. The van der Waals surface area contributed by atoms with Gasteiger partial charge in [-0.15, -0.1) is 0 Å². The average Bonchev–Trinajstić information content (AvgIpc) is 2.52. The van der Waals surface area contributed by atoms with E-state index in [2.05, 4.69) is 50.2 Å². The summed E-state index contributed by atoms with van der Waals surface area (Å²) in [7, 11) is 0. The summed E-state index contributed by atoms with van der Waals surface area (Å²) in [6, 6.07) is 11.7. The van der Waals surface area contributed by atoms with Crippen molar-refractivity contribution in [3.05, 3.63) is 47.7 Å². The molecule has 0 radical (unpaired) electrons. The van der Waals surface area contributed by atoms with Crippen molar-refractivity contribution in [1.29, 1.82) is 5.26 Å². The SMILES string of the molecule is [2H]C(C)(c1cc(-c2ccc(C#N)cc2)nc[c]1[Ge]([CH3])([CH3])[CH3])C(C)(C)C. The molecule has 1 aromatic carbocycles. The normalized spacial score (nSPS) is 15.3. The molecule has 2 rings (SSSR count). The number of aromatic nitrogens is 1. The Bertz CT molecular complexity index is 804. The molecule has 1 unspecified atom stereocenters. The minimum absolute atomic E-state index is 0.182. The fourth-order valence-corrected chi connectivity index (χ4v) is 5.83. The van der Waals surface area contributed by atoms with Crippen LogP contribution in [0.5, 0.6) is 0 Å². The topological polar surface area (TPSA) is 36.7 Å². The Balaban J connectivity index is 2.68. The number of hydrogen-bond acceptors (Lipinski definition) is 2. The van der Waals surface area contributed by atoms with Crippen molar-refractivity contribution in [3.63, 3.8) is 0 Å². The van der Waals surface area contributed by atoms with Gasteiger partial charge in [0.2, 0.25) is 0 Å². The van der Waals surface area contributed by atoms with E-state index >= 15 is 0 Å². The molecule has 0 amide bonds. The van der Waals surface area contributed by atoms with Crippen LogP contribution < -0.4 is 4.40 Å². The first kappa shape index (κ1) is 17.2. The molecular weight excluding hydrogens is 353 g/mol. The van der Waals surface area contributed by atoms with Crippen molar-refractivity contribution in [1.82, 2.24) is 4.98 Å². The maximum atomic E-state index is 9.12. The molecule has 0 aliphatic rings. The quantitative estimate of drug-likeness (QED) is 0.675. The Morgan fingerprint density at radius 3 is 2.21 bits per heavy atom. The fourth-order valence-electron chi connectivity index (χ4n) is 2.64. The number of nitrogens with zero attached hydrogens (tertiary/aromatic N) is 2. The first-order chi connectivity index (χ1) is 11.4. The van der Waals surface area contributed by atoms with E-state index in [1.807, 2.05) is 37.4 Å². The molecule has 24 heavy (non-hydrogen) atoms. The van der Waals surface area contributed by atoms with Gasteiger partial charge in [0.1, 0.15) is 0 Å². The van der Waals surface area contributed by atoms with Crippen molar-refractivity contribution in [2.24, 2.45) is 5.41 Å². The summed E-state index contributed by atoms with van der Waals surface area (Å²) in [5.41, 5.74) is 3.42. The van der Waals surface area contributed by atoms with E-state index in [0.29, 0.717) is 5.56 Å². The van der Waals surface area contributed by atoms with Crippen molar-refractivity contribution in [2.45, 2.75) is 50.9 Å². The molecule has 0 saturated carbocycles. The third-order valence-corrected chi connectivity index (χ3v) is 8.78. The average molecular weight is 382 g/mol. The van der Waals surface area contributed by atoms with Crippen molar-refractivity contribution >= 4 is 17.7 Å². The number of hydrogen-bond donors (Lipinski definition) is 0. The molecule has 0 aliphatic carbocycles. The molecule has 1 heterocycles. The van der Waals surface area contributed by atoms with Crippen LogP contribution in [0, 0.1) is 16.7 Å². The molecular formula is C21H28GeN2. The van der Waals surface area contributed by atoms with E-state index in [9.17, 15) is 0 Å². The fraction of sp³-hybridized carbons (Fsp3) is 0.429. The summed E-state index contributed by atoms with van der Waals surface area (Å²) in [5, 5.41) is 8.98. The van der Waals surface area contributed by atoms with Gasteiger partial charge < -0.3 is 0 Å². The first-order valence-electron chi connectivity index (χ1n) is 8.89. The molecule has 0 N–H and O–H groups in total. The van der Waals surface area contributed by atoms with Gasteiger partial charge in [0.15, 0.2) is 0 Å². The van der Waals surface area contributed by atoms with Crippen molar-refractivity contribution in [3.8, 4) is 17.3 Å². The third kappa shape index (κ3) is 4.08. The third-order valence-electron chi connectivity index (χ3n) is 4.55. The number of rotatable bonds is 3. The first-order valence-corrected chi connectivity index (χ1v) is 15.7. The van der Waals surface area contributed by atoms with E-state index in [4.69, 9.17) is 11.6 Å². The van der Waals surface area contributed by atoms with E-state index in [1.165, 1.54) is 4.40 Å². The van der Waals surface area contributed by atoms with Crippen LogP contribution in [-0.2, 0) is 0 Å². The Labute approximate surface area is 150 Å². The Hall–Kier alpha value is -1.60. The van der Waals surface area contributed by atoms with Crippen LogP contribution in [0.3, 0.4) is 0 Å². The Morgan fingerprint density at radius 2 is 1.75 bits per heavy atom. The summed E-state index contributed by atoms with van der Waals surface area (Å²) in [6.07, 6.45) is 2.00. The molecule has 0 saturated heterocycles. The second-order valence-electron chi connectivity index (χ2n) is 8.43. The molecule has 126 valence electrons. The summed E-state index contributed by atoms with van der Waals surface area (Å²) in [5.74, 6) is 6.34. The van der Waals surface area contributed by atoms with Gasteiger partial charge in [-0.25, -0.2) is 0 Å². The summed E-state index contributed by atoms with van der Waals surface area (Å²) < 4.78 is 10.4. The predicted octanol–water partition coefficient (Wildman–Crippen LogP) is 5.32. The molecule has 2 nitrogen and oxygen atoms in total. The van der Waals surface area contributed by atoms with Crippen LogP contribution in [-0.4, -0.2) is 18.3 Å².